The normalized spacial score (nSPS) is 23.8. The van der Waals surface area contributed by atoms with Gasteiger partial charge in [0.25, 0.3) is 10.0 Å². The van der Waals surface area contributed by atoms with Crippen LogP contribution in [-0.2, 0) is 24.6 Å². The van der Waals surface area contributed by atoms with Gasteiger partial charge in [-0.1, -0.05) is 35.4 Å². The summed E-state index contributed by atoms with van der Waals surface area (Å²) >= 11 is 0. The third kappa shape index (κ3) is 3.73. The highest BCUT2D eigenvalue weighted by Crippen LogP contribution is 2.34. The smallest absolute Gasteiger partial charge is 0.256 e. The first-order valence-corrected chi connectivity index (χ1v) is 12.5. The third-order valence-electron chi connectivity index (χ3n) is 5.45. The Bertz CT molecular complexity index is 1100. The molecular formula is C20H24N2O5S2. The Kier molecular flexibility index (Phi) is 5.28. The summed E-state index contributed by atoms with van der Waals surface area (Å²) in [6.07, 6.45) is -0.343. The minimum absolute atomic E-state index is 0.0754. The molecule has 2 saturated heterocycles. The maximum atomic E-state index is 13.2. The number of ether oxygens (including phenoxy) is 1. The van der Waals surface area contributed by atoms with Crippen molar-refractivity contribution in [3.8, 4) is 0 Å². The van der Waals surface area contributed by atoms with Gasteiger partial charge in [0, 0.05) is 13.0 Å². The molecule has 2 aliphatic rings. The molecule has 156 valence electrons. The van der Waals surface area contributed by atoms with Crippen LogP contribution in [0.15, 0.2) is 58.3 Å². The number of hydrogen-bond acceptors (Lipinski definition) is 6. The summed E-state index contributed by atoms with van der Waals surface area (Å²) in [5.41, 5.74) is 1.95. The molecule has 2 aromatic carbocycles. The van der Waals surface area contributed by atoms with Gasteiger partial charge >= 0.3 is 0 Å². The van der Waals surface area contributed by atoms with Crippen molar-refractivity contribution in [1.82, 2.24) is 9.42 Å². The van der Waals surface area contributed by atoms with E-state index in [0.717, 1.165) is 11.1 Å². The Balaban J connectivity index is 1.62. The second kappa shape index (κ2) is 7.48. The van der Waals surface area contributed by atoms with Crippen molar-refractivity contribution in [3.63, 3.8) is 0 Å². The number of sulfonamides is 1. The molecule has 2 aromatic rings. The average molecular weight is 437 g/mol. The Morgan fingerprint density at radius 2 is 1.41 bits per heavy atom. The zero-order valence-corrected chi connectivity index (χ0v) is 18.0. The van der Waals surface area contributed by atoms with Crippen molar-refractivity contribution in [2.75, 3.05) is 19.7 Å². The summed E-state index contributed by atoms with van der Waals surface area (Å²) in [5, 5.41) is 0.818. The predicted molar refractivity (Wildman–Crippen MR) is 108 cm³/mol. The first-order valence-electron chi connectivity index (χ1n) is 9.48. The van der Waals surface area contributed by atoms with Gasteiger partial charge in [0.1, 0.15) is 6.23 Å². The molecule has 9 heteroatoms. The van der Waals surface area contributed by atoms with Gasteiger partial charge in [-0.25, -0.2) is 16.8 Å². The summed E-state index contributed by atoms with van der Waals surface area (Å²) < 4.78 is 59.6. The van der Waals surface area contributed by atoms with E-state index < -0.39 is 31.3 Å². The molecule has 2 aliphatic heterocycles. The first kappa shape index (κ1) is 20.5. The van der Waals surface area contributed by atoms with Crippen LogP contribution in [0.3, 0.4) is 0 Å². The van der Waals surface area contributed by atoms with Gasteiger partial charge in [-0.05, 0) is 38.1 Å². The topological polar surface area (TPSA) is 84.0 Å². The Morgan fingerprint density at radius 3 is 2.00 bits per heavy atom. The molecule has 2 heterocycles. The molecular weight excluding hydrogens is 412 g/mol. The van der Waals surface area contributed by atoms with Gasteiger partial charge in [0.05, 0.1) is 28.2 Å². The number of aryl methyl sites for hydroxylation is 2. The summed E-state index contributed by atoms with van der Waals surface area (Å²) in [6.45, 7) is 4.25. The standard InChI is InChI=1S/C20H24N2O5S2/c1-15-3-7-17(8-4-15)28(23,24)19-13-20-21(14-19)22(11-12-27-20)29(25,26)18-9-5-16(2)6-10-18/h3-10,19-20H,11-14H2,1-2H3/t19-,20-/m0/s1. The monoisotopic (exact) mass is 436 g/mol. The lowest BCUT2D eigenvalue weighted by molar-refractivity contribution is -0.153. The maximum Gasteiger partial charge on any atom is 0.256 e. The van der Waals surface area contributed by atoms with Gasteiger partial charge < -0.3 is 4.74 Å². The summed E-state index contributed by atoms with van der Waals surface area (Å²) in [6, 6.07) is 13.4. The predicted octanol–water partition coefficient (Wildman–Crippen LogP) is 2.11. The van der Waals surface area contributed by atoms with Gasteiger partial charge in [0.15, 0.2) is 9.84 Å². The van der Waals surface area contributed by atoms with Crippen molar-refractivity contribution in [2.24, 2.45) is 0 Å². The van der Waals surface area contributed by atoms with Crippen molar-refractivity contribution < 1.29 is 21.6 Å². The van der Waals surface area contributed by atoms with Crippen LogP contribution in [0, 0.1) is 13.8 Å². The fourth-order valence-electron chi connectivity index (χ4n) is 3.77. The summed E-state index contributed by atoms with van der Waals surface area (Å²) in [4.78, 5) is 0.439. The van der Waals surface area contributed by atoms with Crippen molar-refractivity contribution in [3.05, 3.63) is 59.7 Å². The van der Waals surface area contributed by atoms with Crippen LogP contribution in [0.5, 0.6) is 0 Å². The number of hydrogen-bond donors (Lipinski definition) is 0. The lowest BCUT2D eigenvalue weighted by Crippen LogP contribution is -2.55. The molecule has 0 aromatic heterocycles. The highest BCUT2D eigenvalue weighted by Gasteiger charge is 2.48. The van der Waals surface area contributed by atoms with E-state index in [0.29, 0.717) is 0 Å². The molecule has 0 radical (unpaired) electrons. The molecule has 2 atom stereocenters. The Labute approximate surface area is 171 Å². The lowest BCUT2D eigenvalue weighted by atomic mass is 10.2. The molecule has 2 fully saturated rings. The number of benzene rings is 2. The molecule has 0 unspecified atom stereocenters. The largest absolute Gasteiger partial charge is 0.360 e. The first-order chi connectivity index (χ1) is 13.7. The molecule has 0 amide bonds. The second-order valence-electron chi connectivity index (χ2n) is 7.53. The highest BCUT2D eigenvalue weighted by molar-refractivity contribution is 7.92. The zero-order chi connectivity index (χ0) is 20.8. The van der Waals surface area contributed by atoms with Gasteiger partial charge in [-0.15, -0.1) is 4.41 Å². The SMILES string of the molecule is Cc1ccc(S(=O)(=O)[C@H]2C[C@@H]3OCCN(S(=O)(=O)c4ccc(C)cc4)N3C2)cc1. The van der Waals surface area contributed by atoms with Gasteiger partial charge in [-0.3, -0.25) is 0 Å². The van der Waals surface area contributed by atoms with E-state index in [1.807, 2.05) is 13.8 Å². The fraction of sp³-hybridized carbons (Fsp3) is 0.400. The minimum atomic E-state index is -3.79. The van der Waals surface area contributed by atoms with Crippen LogP contribution in [0.1, 0.15) is 17.5 Å². The maximum absolute atomic E-state index is 13.2. The van der Waals surface area contributed by atoms with Crippen LogP contribution in [0.2, 0.25) is 0 Å². The van der Waals surface area contributed by atoms with Crippen molar-refractivity contribution >= 4 is 19.9 Å². The van der Waals surface area contributed by atoms with Crippen molar-refractivity contribution in [1.29, 1.82) is 0 Å². The summed E-state index contributed by atoms with van der Waals surface area (Å²) in [5.74, 6) is 0. The zero-order valence-electron chi connectivity index (χ0n) is 16.4. The number of nitrogens with zero attached hydrogens (tertiary/aromatic N) is 2. The fourth-order valence-corrected chi connectivity index (χ4v) is 6.92. The van der Waals surface area contributed by atoms with E-state index in [1.165, 1.54) is 4.41 Å². The molecule has 0 bridgehead atoms. The minimum Gasteiger partial charge on any atom is -0.360 e. The van der Waals surface area contributed by atoms with Gasteiger partial charge in [-0.2, -0.15) is 5.01 Å². The Morgan fingerprint density at radius 1 is 0.862 bits per heavy atom. The molecule has 0 spiro atoms. The molecule has 7 nitrogen and oxygen atoms in total. The third-order valence-corrected chi connectivity index (χ3v) is 9.42. The van der Waals surface area contributed by atoms with E-state index in [-0.39, 0.29) is 35.9 Å². The quantitative estimate of drug-likeness (QED) is 0.730. The number of hydrazine groups is 1. The van der Waals surface area contributed by atoms with E-state index >= 15 is 0 Å². The van der Waals surface area contributed by atoms with E-state index in [4.69, 9.17) is 4.74 Å². The van der Waals surface area contributed by atoms with Crippen LogP contribution in [0.4, 0.5) is 0 Å². The number of sulfone groups is 1. The van der Waals surface area contributed by atoms with E-state index in [1.54, 1.807) is 53.5 Å². The van der Waals surface area contributed by atoms with Crippen LogP contribution < -0.4 is 0 Å². The van der Waals surface area contributed by atoms with Gasteiger partial charge in [0.2, 0.25) is 0 Å². The van der Waals surface area contributed by atoms with E-state index in [9.17, 15) is 16.8 Å². The molecule has 0 saturated carbocycles. The van der Waals surface area contributed by atoms with Crippen molar-refractivity contribution in [2.45, 2.75) is 41.5 Å². The highest BCUT2D eigenvalue weighted by atomic mass is 32.2. The Hall–Kier alpha value is -1.78. The van der Waals surface area contributed by atoms with Crippen LogP contribution in [0.25, 0.3) is 0 Å². The average Bonchev–Trinajstić information content (AvgIpc) is 3.14. The molecule has 0 aliphatic carbocycles. The molecule has 29 heavy (non-hydrogen) atoms. The van der Waals surface area contributed by atoms with E-state index in [2.05, 4.69) is 0 Å². The molecule has 4 rings (SSSR count). The van der Waals surface area contributed by atoms with Crippen LogP contribution in [-0.4, -0.2) is 57.4 Å². The van der Waals surface area contributed by atoms with Crippen LogP contribution >= 0.6 is 0 Å². The lowest BCUT2D eigenvalue weighted by Gasteiger charge is -2.38. The summed E-state index contributed by atoms with van der Waals surface area (Å²) in [7, 11) is -7.38. The molecule has 0 N–H and O–H groups in total. The second-order valence-corrected chi connectivity index (χ2v) is 11.6. The number of fused-ring (bicyclic) bond motifs is 1. The number of rotatable bonds is 4.